The van der Waals surface area contributed by atoms with Gasteiger partial charge in [-0.3, -0.25) is 0 Å². The van der Waals surface area contributed by atoms with E-state index in [9.17, 15) is 0 Å². The number of ether oxygens (including phenoxy) is 2. The lowest BCUT2D eigenvalue weighted by molar-refractivity contribution is 0.0522. The Kier molecular flexibility index (Phi) is 5.26. The van der Waals surface area contributed by atoms with E-state index < -0.39 is 0 Å². The first-order valence-electron chi connectivity index (χ1n) is 7.27. The van der Waals surface area contributed by atoms with E-state index in [-0.39, 0.29) is 5.54 Å². The second-order valence-electron chi connectivity index (χ2n) is 5.75. The predicted octanol–water partition coefficient (Wildman–Crippen LogP) is 2.62. The summed E-state index contributed by atoms with van der Waals surface area (Å²) in [5.41, 5.74) is 6.29. The second-order valence-corrected chi connectivity index (χ2v) is 5.75. The first-order chi connectivity index (χ1) is 8.29. The zero-order chi connectivity index (χ0) is 12.0. The molecule has 0 aromatic heterocycles. The highest BCUT2D eigenvalue weighted by molar-refractivity contribution is 4.86. The average molecular weight is 241 g/mol. The average Bonchev–Trinajstić information content (AvgIpc) is 2.82. The summed E-state index contributed by atoms with van der Waals surface area (Å²) in [7, 11) is 0. The van der Waals surface area contributed by atoms with Crippen molar-refractivity contribution in [2.75, 3.05) is 19.8 Å². The van der Waals surface area contributed by atoms with Crippen molar-refractivity contribution in [2.24, 2.45) is 5.73 Å². The van der Waals surface area contributed by atoms with E-state index in [1.165, 1.54) is 32.1 Å². The molecule has 2 N–H and O–H groups in total. The molecule has 1 heterocycles. The van der Waals surface area contributed by atoms with Crippen molar-refractivity contribution in [3.63, 3.8) is 0 Å². The van der Waals surface area contributed by atoms with Crippen LogP contribution in [0.4, 0.5) is 0 Å². The topological polar surface area (TPSA) is 44.5 Å². The van der Waals surface area contributed by atoms with Crippen LogP contribution in [0.5, 0.6) is 0 Å². The van der Waals surface area contributed by atoms with E-state index in [1.54, 1.807) is 0 Å². The SMILES string of the molecule is NC1(COCCCC2CCCO2)CCCCC1. The van der Waals surface area contributed by atoms with Crippen LogP contribution in [0.1, 0.15) is 57.8 Å². The molecule has 1 saturated carbocycles. The fraction of sp³-hybridized carbons (Fsp3) is 1.00. The Balaban J connectivity index is 1.50. The Hall–Kier alpha value is -0.120. The van der Waals surface area contributed by atoms with E-state index in [0.29, 0.717) is 6.10 Å². The van der Waals surface area contributed by atoms with Gasteiger partial charge in [0.05, 0.1) is 12.7 Å². The summed E-state index contributed by atoms with van der Waals surface area (Å²) in [6.07, 6.45) is 11.4. The first-order valence-corrected chi connectivity index (χ1v) is 7.27. The summed E-state index contributed by atoms with van der Waals surface area (Å²) in [5, 5.41) is 0. The molecule has 3 nitrogen and oxygen atoms in total. The zero-order valence-corrected chi connectivity index (χ0v) is 11.0. The molecule has 0 bridgehead atoms. The highest BCUT2D eigenvalue weighted by atomic mass is 16.5. The molecule has 2 aliphatic rings. The molecule has 1 aliphatic heterocycles. The maximum Gasteiger partial charge on any atom is 0.0646 e. The van der Waals surface area contributed by atoms with Gasteiger partial charge in [0.25, 0.3) is 0 Å². The maximum atomic E-state index is 6.31. The highest BCUT2D eigenvalue weighted by Crippen LogP contribution is 2.26. The van der Waals surface area contributed by atoms with Crippen molar-refractivity contribution in [1.29, 1.82) is 0 Å². The van der Waals surface area contributed by atoms with Gasteiger partial charge in [-0.1, -0.05) is 19.3 Å². The van der Waals surface area contributed by atoms with E-state index in [1.807, 2.05) is 0 Å². The minimum atomic E-state index is -0.0257. The Morgan fingerprint density at radius 3 is 2.71 bits per heavy atom. The standard InChI is InChI=1S/C14H27NO2/c15-14(8-2-1-3-9-14)12-16-10-4-6-13-7-5-11-17-13/h13H,1-12,15H2. The Bertz CT molecular complexity index is 208. The Morgan fingerprint density at radius 1 is 1.18 bits per heavy atom. The molecule has 17 heavy (non-hydrogen) atoms. The fourth-order valence-corrected chi connectivity index (χ4v) is 2.96. The number of rotatable bonds is 6. The molecule has 3 heteroatoms. The molecule has 2 rings (SSSR count). The van der Waals surface area contributed by atoms with Crippen LogP contribution < -0.4 is 5.73 Å². The molecule has 0 aromatic carbocycles. The predicted molar refractivity (Wildman–Crippen MR) is 69.0 cm³/mol. The van der Waals surface area contributed by atoms with Gasteiger partial charge in [0.1, 0.15) is 0 Å². The highest BCUT2D eigenvalue weighted by Gasteiger charge is 2.27. The minimum absolute atomic E-state index is 0.0257. The van der Waals surface area contributed by atoms with Gasteiger partial charge in [-0.25, -0.2) is 0 Å². The van der Waals surface area contributed by atoms with Crippen LogP contribution in [-0.4, -0.2) is 31.5 Å². The van der Waals surface area contributed by atoms with Gasteiger partial charge in [-0.05, 0) is 38.5 Å². The summed E-state index contributed by atoms with van der Waals surface area (Å²) >= 11 is 0. The lowest BCUT2D eigenvalue weighted by Gasteiger charge is -2.33. The molecule has 2 fully saturated rings. The van der Waals surface area contributed by atoms with Gasteiger partial charge in [0, 0.05) is 18.8 Å². The summed E-state index contributed by atoms with van der Waals surface area (Å²) in [5.74, 6) is 0. The molecule has 1 saturated heterocycles. The third kappa shape index (κ3) is 4.57. The zero-order valence-electron chi connectivity index (χ0n) is 11.0. The lowest BCUT2D eigenvalue weighted by Crippen LogP contribution is -2.46. The normalized spacial score (nSPS) is 28.4. The molecule has 0 amide bonds. The largest absolute Gasteiger partial charge is 0.380 e. The minimum Gasteiger partial charge on any atom is -0.380 e. The van der Waals surface area contributed by atoms with Crippen molar-refractivity contribution in [3.8, 4) is 0 Å². The molecule has 1 atom stereocenters. The number of nitrogens with two attached hydrogens (primary N) is 1. The van der Waals surface area contributed by atoms with Crippen LogP contribution in [-0.2, 0) is 9.47 Å². The Morgan fingerprint density at radius 2 is 2.00 bits per heavy atom. The molecule has 0 aromatic rings. The van der Waals surface area contributed by atoms with Crippen molar-refractivity contribution in [1.82, 2.24) is 0 Å². The first kappa shape index (κ1) is 13.3. The van der Waals surface area contributed by atoms with Gasteiger partial charge in [0.2, 0.25) is 0 Å². The molecule has 1 unspecified atom stereocenters. The number of hydrogen-bond acceptors (Lipinski definition) is 3. The van der Waals surface area contributed by atoms with Gasteiger partial charge in [-0.15, -0.1) is 0 Å². The van der Waals surface area contributed by atoms with E-state index in [0.717, 1.165) is 45.5 Å². The summed E-state index contributed by atoms with van der Waals surface area (Å²) in [4.78, 5) is 0. The number of hydrogen-bond donors (Lipinski definition) is 1. The third-order valence-corrected chi connectivity index (χ3v) is 4.08. The molecular formula is C14H27NO2. The maximum absolute atomic E-state index is 6.31. The van der Waals surface area contributed by atoms with Gasteiger partial charge < -0.3 is 15.2 Å². The van der Waals surface area contributed by atoms with Crippen LogP contribution in [0.15, 0.2) is 0 Å². The van der Waals surface area contributed by atoms with Crippen LogP contribution in [0.3, 0.4) is 0 Å². The van der Waals surface area contributed by atoms with E-state index in [2.05, 4.69) is 0 Å². The smallest absolute Gasteiger partial charge is 0.0646 e. The van der Waals surface area contributed by atoms with Crippen LogP contribution in [0.2, 0.25) is 0 Å². The van der Waals surface area contributed by atoms with E-state index >= 15 is 0 Å². The van der Waals surface area contributed by atoms with Gasteiger partial charge >= 0.3 is 0 Å². The van der Waals surface area contributed by atoms with Gasteiger partial charge in [0.15, 0.2) is 0 Å². The van der Waals surface area contributed by atoms with Crippen molar-refractivity contribution >= 4 is 0 Å². The third-order valence-electron chi connectivity index (χ3n) is 4.08. The molecular weight excluding hydrogens is 214 g/mol. The van der Waals surface area contributed by atoms with Crippen LogP contribution in [0.25, 0.3) is 0 Å². The summed E-state index contributed by atoms with van der Waals surface area (Å²) < 4.78 is 11.3. The molecule has 100 valence electrons. The molecule has 1 aliphatic carbocycles. The van der Waals surface area contributed by atoms with Crippen molar-refractivity contribution in [3.05, 3.63) is 0 Å². The lowest BCUT2D eigenvalue weighted by atomic mass is 9.83. The molecule has 0 radical (unpaired) electrons. The van der Waals surface area contributed by atoms with Crippen molar-refractivity contribution in [2.45, 2.75) is 69.4 Å². The van der Waals surface area contributed by atoms with Crippen LogP contribution >= 0.6 is 0 Å². The monoisotopic (exact) mass is 241 g/mol. The van der Waals surface area contributed by atoms with Gasteiger partial charge in [-0.2, -0.15) is 0 Å². The van der Waals surface area contributed by atoms with Crippen LogP contribution in [0, 0.1) is 0 Å². The summed E-state index contributed by atoms with van der Waals surface area (Å²) in [6.45, 7) is 2.55. The Labute approximate surface area is 105 Å². The quantitative estimate of drug-likeness (QED) is 0.727. The summed E-state index contributed by atoms with van der Waals surface area (Å²) in [6, 6.07) is 0. The van der Waals surface area contributed by atoms with Crippen molar-refractivity contribution < 1.29 is 9.47 Å². The molecule has 0 spiro atoms. The second kappa shape index (κ2) is 6.72. The fourth-order valence-electron chi connectivity index (χ4n) is 2.96. The van der Waals surface area contributed by atoms with E-state index in [4.69, 9.17) is 15.2 Å².